The maximum absolute atomic E-state index is 12.0. The fraction of sp³-hybridized carbons (Fsp3) is 0.667. The molecule has 1 aromatic rings. The number of nitrogens with one attached hydrogen (secondary N) is 1. The van der Waals surface area contributed by atoms with Gasteiger partial charge in [-0.1, -0.05) is 0 Å². The zero-order valence-corrected chi connectivity index (χ0v) is 13.1. The van der Waals surface area contributed by atoms with Gasteiger partial charge in [0.05, 0.1) is 7.11 Å². The molecule has 0 aliphatic heterocycles. The van der Waals surface area contributed by atoms with Crippen LogP contribution in [0.15, 0.2) is 6.20 Å². The number of ether oxygens (including phenoxy) is 2. The molecule has 0 aliphatic carbocycles. The third-order valence-corrected chi connectivity index (χ3v) is 3.45. The van der Waals surface area contributed by atoms with Gasteiger partial charge in [0.2, 0.25) is 0 Å². The first-order valence-electron chi connectivity index (χ1n) is 7.01. The molecule has 4 nitrogen and oxygen atoms in total. The quantitative estimate of drug-likeness (QED) is 0.712. The van der Waals surface area contributed by atoms with Gasteiger partial charge >= 0.3 is 0 Å². The summed E-state index contributed by atoms with van der Waals surface area (Å²) < 4.78 is 34.3. The monoisotopic (exact) mass is 302 g/mol. The summed E-state index contributed by atoms with van der Waals surface area (Å²) in [5.41, 5.74) is 2.97. The maximum Gasteiger partial charge on any atom is 0.261 e. The fourth-order valence-corrected chi connectivity index (χ4v) is 2.26. The van der Waals surface area contributed by atoms with Crippen LogP contribution < -0.4 is 10.1 Å². The first-order chi connectivity index (χ1) is 9.99. The van der Waals surface area contributed by atoms with Crippen molar-refractivity contribution in [1.29, 1.82) is 0 Å². The van der Waals surface area contributed by atoms with Crippen LogP contribution in [-0.4, -0.2) is 44.8 Å². The van der Waals surface area contributed by atoms with Crippen LogP contribution in [0.4, 0.5) is 8.78 Å². The van der Waals surface area contributed by atoms with Crippen LogP contribution in [0.5, 0.6) is 5.75 Å². The highest BCUT2D eigenvalue weighted by atomic mass is 19.3. The molecule has 0 amide bonds. The summed E-state index contributed by atoms with van der Waals surface area (Å²) in [5.74, 6) is 0.851. The molecular weight excluding hydrogens is 278 g/mol. The molecule has 0 spiro atoms. The molecule has 0 aromatic carbocycles. The summed E-state index contributed by atoms with van der Waals surface area (Å²) in [7, 11) is 3.49. The number of rotatable bonds is 9. The van der Waals surface area contributed by atoms with Gasteiger partial charge in [0.25, 0.3) is 6.43 Å². The lowest BCUT2D eigenvalue weighted by atomic mass is 10.0. The van der Waals surface area contributed by atoms with Gasteiger partial charge in [-0.25, -0.2) is 8.78 Å². The van der Waals surface area contributed by atoms with Crippen LogP contribution in [0, 0.1) is 13.8 Å². The van der Waals surface area contributed by atoms with E-state index in [4.69, 9.17) is 9.47 Å². The number of hydrogen-bond donors (Lipinski definition) is 1. The summed E-state index contributed by atoms with van der Waals surface area (Å²) in [6, 6.07) is 0.126. The Morgan fingerprint density at radius 3 is 2.62 bits per heavy atom. The predicted octanol–water partition coefficient (Wildman–Crippen LogP) is 2.51. The van der Waals surface area contributed by atoms with E-state index in [0.717, 1.165) is 22.6 Å². The smallest absolute Gasteiger partial charge is 0.261 e. The molecule has 1 atom stereocenters. The van der Waals surface area contributed by atoms with Crippen molar-refractivity contribution in [2.45, 2.75) is 39.2 Å². The SMILES string of the molecule is CNC(CCOCC(F)F)Cc1ncc(C)c(OC)c1C. The fourth-order valence-electron chi connectivity index (χ4n) is 2.26. The van der Waals surface area contributed by atoms with Gasteiger partial charge in [-0.2, -0.15) is 0 Å². The number of aromatic nitrogens is 1. The summed E-state index contributed by atoms with van der Waals surface area (Å²) in [6.45, 7) is 3.73. The van der Waals surface area contributed by atoms with E-state index in [-0.39, 0.29) is 6.04 Å². The zero-order chi connectivity index (χ0) is 15.8. The standard InChI is InChI=1S/C15H24F2N2O2/c1-10-8-19-13(11(2)15(10)20-4)7-12(18-3)5-6-21-9-14(16)17/h8,12,14,18H,5-7,9H2,1-4H3. The lowest BCUT2D eigenvalue weighted by Crippen LogP contribution is -2.30. The van der Waals surface area contributed by atoms with Crippen molar-refractivity contribution in [2.75, 3.05) is 27.4 Å². The Labute approximate surface area is 124 Å². The first-order valence-corrected chi connectivity index (χ1v) is 7.01. The van der Waals surface area contributed by atoms with E-state index in [1.165, 1.54) is 0 Å². The van der Waals surface area contributed by atoms with E-state index in [1.807, 2.05) is 20.9 Å². The normalized spacial score (nSPS) is 12.7. The Hall–Kier alpha value is -1.27. The topological polar surface area (TPSA) is 43.4 Å². The average molecular weight is 302 g/mol. The van der Waals surface area contributed by atoms with Crippen LogP contribution in [0.25, 0.3) is 0 Å². The van der Waals surface area contributed by atoms with Crippen LogP contribution in [-0.2, 0) is 11.2 Å². The van der Waals surface area contributed by atoms with Gasteiger partial charge < -0.3 is 14.8 Å². The Balaban J connectivity index is 2.61. The minimum atomic E-state index is -2.41. The van der Waals surface area contributed by atoms with Gasteiger partial charge in [0.15, 0.2) is 0 Å². The number of nitrogens with zero attached hydrogens (tertiary/aromatic N) is 1. The van der Waals surface area contributed by atoms with Crippen LogP contribution >= 0.6 is 0 Å². The van der Waals surface area contributed by atoms with E-state index < -0.39 is 13.0 Å². The van der Waals surface area contributed by atoms with E-state index in [0.29, 0.717) is 19.4 Å². The zero-order valence-electron chi connectivity index (χ0n) is 13.1. The van der Waals surface area contributed by atoms with Crippen molar-refractivity contribution in [1.82, 2.24) is 10.3 Å². The molecule has 0 saturated heterocycles. The highest BCUT2D eigenvalue weighted by molar-refractivity contribution is 5.41. The third kappa shape index (κ3) is 5.55. The lowest BCUT2D eigenvalue weighted by molar-refractivity contribution is 0.0146. The van der Waals surface area contributed by atoms with Crippen molar-refractivity contribution < 1.29 is 18.3 Å². The number of halogens is 2. The molecule has 1 heterocycles. The molecule has 0 radical (unpaired) electrons. The first kappa shape index (κ1) is 17.8. The number of hydrogen-bond acceptors (Lipinski definition) is 4. The molecule has 0 bridgehead atoms. The number of pyridine rings is 1. The van der Waals surface area contributed by atoms with E-state index in [9.17, 15) is 8.78 Å². The highest BCUT2D eigenvalue weighted by Crippen LogP contribution is 2.24. The molecule has 1 N–H and O–H groups in total. The molecule has 0 fully saturated rings. The van der Waals surface area contributed by atoms with Crippen molar-refractivity contribution in [3.63, 3.8) is 0 Å². The molecular formula is C15H24F2N2O2. The Bertz CT molecular complexity index is 442. The molecule has 1 unspecified atom stereocenters. The minimum absolute atomic E-state index is 0.126. The van der Waals surface area contributed by atoms with Crippen LogP contribution in [0.2, 0.25) is 0 Å². The van der Waals surface area contributed by atoms with E-state index >= 15 is 0 Å². The van der Waals surface area contributed by atoms with Gasteiger partial charge in [0, 0.05) is 42.1 Å². The lowest BCUT2D eigenvalue weighted by Gasteiger charge is -2.18. The number of likely N-dealkylation sites (N-methyl/N-ethyl adjacent to an activating group) is 1. The van der Waals surface area contributed by atoms with Crippen molar-refractivity contribution in [2.24, 2.45) is 0 Å². The number of alkyl halides is 2. The van der Waals surface area contributed by atoms with Crippen LogP contribution in [0.1, 0.15) is 23.2 Å². The van der Waals surface area contributed by atoms with Gasteiger partial charge in [-0.3, -0.25) is 4.98 Å². The van der Waals surface area contributed by atoms with E-state index in [1.54, 1.807) is 13.3 Å². The summed E-state index contributed by atoms with van der Waals surface area (Å²) in [6.07, 6.45) is 0.738. The highest BCUT2D eigenvalue weighted by Gasteiger charge is 2.14. The third-order valence-electron chi connectivity index (χ3n) is 3.45. The van der Waals surface area contributed by atoms with Gasteiger partial charge in [-0.05, 0) is 27.3 Å². The molecule has 0 aliphatic rings. The van der Waals surface area contributed by atoms with Crippen molar-refractivity contribution >= 4 is 0 Å². The Morgan fingerprint density at radius 2 is 2.05 bits per heavy atom. The van der Waals surface area contributed by atoms with Crippen molar-refractivity contribution in [3.05, 3.63) is 23.0 Å². The molecule has 0 saturated carbocycles. The summed E-state index contributed by atoms with van der Waals surface area (Å²) in [4.78, 5) is 4.45. The van der Waals surface area contributed by atoms with Crippen molar-refractivity contribution in [3.8, 4) is 5.75 Å². The van der Waals surface area contributed by atoms with Gasteiger partial charge in [0.1, 0.15) is 12.4 Å². The predicted molar refractivity (Wildman–Crippen MR) is 78.3 cm³/mol. The number of aryl methyl sites for hydroxylation is 1. The Morgan fingerprint density at radius 1 is 1.33 bits per heavy atom. The van der Waals surface area contributed by atoms with Crippen LogP contribution in [0.3, 0.4) is 0 Å². The maximum atomic E-state index is 12.0. The molecule has 120 valence electrons. The summed E-state index contributed by atoms with van der Waals surface area (Å²) >= 11 is 0. The average Bonchev–Trinajstić information content (AvgIpc) is 2.45. The minimum Gasteiger partial charge on any atom is -0.496 e. The molecule has 1 rings (SSSR count). The number of methoxy groups -OCH3 is 1. The second-order valence-electron chi connectivity index (χ2n) is 4.99. The molecule has 21 heavy (non-hydrogen) atoms. The largest absolute Gasteiger partial charge is 0.496 e. The molecule has 1 aromatic heterocycles. The summed E-state index contributed by atoms with van der Waals surface area (Å²) in [5, 5.41) is 3.17. The van der Waals surface area contributed by atoms with E-state index in [2.05, 4.69) is 10.3 Å². The van der Waals surface area contributed by atoms with Gasteiger partial charge in [-0.15, -0.1) is 0 Å². The molecule has 6 heteroatoms. The Kier molecular flexibility index (Phi) is 7.53. The second-order valence-corrected chi connectivity index (χ2v) is 4.99. The second kappa shape index (κ2) is 8.89.